The molecule has 3 nitrogen and oxygen atoms in total. The number of nitriles is 1. The Morgan fingerprint density at radius 1 is 1.11 bits per heavy atom. The molecule has 1 N–H and O–H groups in total. The standard InChI is InChI=1S/C14H10FNO2/c15-10-5-7-11(8-6-10)18-14-4-2-1-3-12(14)13(17)9-16/h1-8,13,17H. The van der Waals surface area contributed by atoms with Crippen LogP contribution in [0.2, 0.25) is 0 Å². The smallest absolute Gasteiger partial charge is 0.169 e. The molecule has 0 aliphatic carbocycles. The minimum absolute atomic E-state index is 0.354. The number of aliphatic hydroxyl groups excluding tert-OH is 1. The van der Waals surface area contributed by atoms with Gasteiger partial charge < -0.3 is 9.84 Å². The largest absolute Gasteiger partial charge is 0.457 e. The molecule has 0 saturated heterocycles. The monoisotopic (exact) mass is 243 g/mol. The lowest BCUT2D eigenvalue weighted by molar-refractivity contribution is 0.231. The summed E-state index contributed by atoms with van der Waals surface area (Å²) < 4.78 is 18.3. The fraction of sp³-hybridized carbons (Fsp3) is 0.0714. The summed E-state index contributed by atoms with van der Waals surface area (Å²) in [6.07, 6.45) is -1.25. The van der Waals surface area contributed by atoms with Crippen molar-refractivity contribution in [2.24, 2.45) is 0 Å². The van der Waals surface area contributed by atoms with Gasteiger partial charge in [-0.15, -0.1) is 0 Å². The number of nitrogens with zero attached hydrogens (tertiary/aromatic N) is 1. The highest BCUT2D eigenvalue weighted by atomic mass is 19.1. The Hall–Kier alpha value is -2.38. The van der Waals surface area contributed by atoms with Crippen LogP contribution in [-0.4, -0.2) is 5.11 Å². The fourth-order valence-corrected chi connectivity index (χ4v) is 1.50. The first-order valence-electron chi connectivity index (χ1n) is 5.31. The molecular weight excluding hydrogens is 233 g/mol. The van der Waals surface area contributed by atoms with Crippen LogP contribution in [0.1, 0.15) is 11.7 Å². The Morgan fingerprint density at radius 2 is 1.78 bits per heavy atom. The number of aliphatic hydroxyl groups is 1. The average molecular weight is 243 g/mol. The van der Waals surface area contributed by atoms with Crippen molar-refractivity contribution in [3.8, 4) is 17.6 Å². The second-order valence-electron chi connectivity index (χ2n) is 3.63. The Morgan fingerprint density at radius 3 is 2.44 bits per heavy atom. The quantitative estimate of drug-likeness (QED) is 0.842. The molecule has 0 heterocycles. The topological polar surface area (TPSA) is 53.2 Å². The van der Waals surface area contributed by atoms with Crippen LogP contribution in [0.25, 0.3) is 0 Å². The van der Waals surface area contributed by atoms with Crippen molar-refractivity contribution in [2.75, 3.05) is 0 Å². The highest BCUT2D eigenvalue weighted by Gasteiger charge is 2.12. The molecule has 0 saturated carbocycles. The molecule has 0 bridgehead atoms. The van der Waals surface area contributed by atoms with Gasteiger partial charge in [-0.2, -0.15) is 5.26 Å². The fourth-order valence-electron chi connectivity index (χ4n) is 1.50. The molecule has 2 rings (SSSR count). The maximum absolute atomic E-state index is 12.7. The zero-order valence-corrected chi connectivity index (χ0v) is 9.38. The number of hydrogen-bond acceptors (Lipinski definition) is 3. The Balaban J connectivity index is 2.29. The molecule has 90 valence electrons. The Bertz CT molecular complexity index is 575. The van der Waals surface area contributed by atoms with Crippen molar-refractivity contribution >= 4 is 0 Å². The summed E-state index contributed by atoms with van der Waals surface area (Å²) in [5.74, 6) is 0.458. The first kappa shape index (κ1) is 12.1. The van der Waals surface area contributed by atoms with Crippen LogP contribution >= 0.6 is 0 Å². The molecule has 0 fully saturated rings. The highest BCUT2D eigenvalue weighted by Crippen LogP contribution is 2.29. The van der Waals surface area contributed by atoms with E-state index >= 15 is 0 Å². The van der Waals surface area contributed by atoms with Crippen LogP contribution in [0.3, 0.4) is 0 Å². The van der Waals surface area contributed by atoms with Crippen LogP contribution in [0.15, 0.2) is 48.5 Å². The van der Waals surface area contributed by atoms with Gasteiger partial charge in [0.05, 0.1) is 6.07 Å². The van der Waals surface area contributed by atoms with Crippen LogP contribution in [0, 0.1) is 17.1 Å². The summed E-state index contributed by atoms with van der Waals surface area (Å²) in [5, 5.41) is 18.2. The molecule has 0 radical (unpaired) electrons. The first-order valence-corrected chi connectivity index (χ1v) is 5.31. The molecule has 2 aromatic carbocycles. The van der Waals surface area contributed by atoms with Gasteiger partial charge in [0.2, 0.25) is 0 Å². The van der Waals surface area contributed by atoms with Crippen molar-refractivity contribution in [1.82, 2.24) is 0 Å². The summed E-state index contributed by atoms with van der Waals surface area (Å²) in [6, 6.07) is 13.9. The molecule has 0 amide bonds. The molecule has 0 aliphatic heterocycles. The van der Waals surface area contributed by atoms with Gasteiger partial charge in [-0.05, 0) is 30.3 Å². The minimum Gasteiger partial charge on any atom is -0.457 e. The zero-order valence-electron chi connectivity index (χ0n) is 9.38. The molecule has 1 atom stereocenters. The van der Waals surface area contributed by atoms with Gasteiger partial charge in [0, 0.05) is 5.56 Å². The Kier molecular flexibility index (Phi) is 3.56. The van der Waals surface area contributed by atoms with Gasteiger partial charge in [0.15, 0.2) is 6.10 Å². The van der Waals surface area contributed by atoms with Crippen molar-refractivity contribution in [3.05, 3.63) is 59.9 Å². The van der Waals surface area contributed by atoms with Crippen LogP contribution in [0.5, 0.6) is 11.5 Å². The molecule has 4 heteroatoms. The third-order valence-corrected chi connectivity index (χ3v) is 2.38. The van der Waals surface area contributed by atoms with Crippen molar-refractivity contribution in [1.29, 1.82) is 5.26 Å². The molecule has 0 aromatic heterocycles. The number of para-hydroxylation sites is 1. The summed E-state index contributed by atoms with van der Waals surface area (Å²) in [5.41, 5.74) is 0.379. The van der Waals surface area contributed by atoms with E-state index in [-0.39, 0.29) is 5.82 Å². The Labute approximate surface area is 104 Å². The normalized spacial score (nSPS) is 11.6. The third-order valence-electron chi connectivity index (χ3n) is 2.38. The lowest BCUT2D eigenvalue weighted by atomic mass is 10.1. The molecule has 18 heavy (non-hydrogen) atoms. The van der Waals surface area contributed by atoms with Crippen LogP contribution in [0.4, 0.5) is 4.39 Å². The second-order valence-corrected chi connectivity index (χ2v) is 3.63. The number of halogens is 1. The van der Waals surface area contributed by atoms with E-state index in [1.54, 1.807) is 30.3 Å². The van der Waals surface area contributed by atoms with Gasteiger partial charge in [0.1, 0.15) is 17.3 Å². The summed E-state index contributed by atoms with van der Waals surface area (Å²) >= 11 is 0. The molecule has 2 aromatic rings. The lowest BCUT2D eigenvalue weighted by Crippen LogP contribution is -1.97. The summed E-state index contributed by atoms with van der Waals surface area (Å²) in [4.78, 5) is 0. The zero-order chi connectivity index (χ0) is 13.0. The van der Waals surface area contributed by atoms with E-state index in [1.165, 1.54) is 24.3 Å². The predicted octanol–water partition coefficient (Wildman–Crippen LogP) is 3.17. The number of benzene rings is 2. The summed E-state index contributed by atoms with van der Waals surface area (Å²) in [6.45, 7) is 0. The molecular formula is C14H10FNO2. The first-order chi connectivity index (χ1) is 8.70. The molecule has 0 spiro atoms. The number of hydrogen-bond donors (Lipinski definition) is 1. The predicted molar refractivity (Wildman–Crippen MR) is 63.5 cm³/mol. The van der Waals surface area contributed by atoms with Gasteiger partial charge in [0.25, 0.3) is 0 Å². The number of rotatable bonds is 3. The third kappa shape index (κ3) is 2.65. The lowest BCUT2D eigenvalue weighted by Gasteiger charge is -2.11. The van der Waals surface area contributed by atoms with E-state index in [0.29, 0.717) is 17.1 Å². The maximum Gasteiger partial charge on any atom is 0.169 e. The van der Waals surface area contributed by atoms with Crippen molar-refractivity contribution in [3.63, 3.8) is 0 Å². The van der Waals surface area contributed by atoms with Gasteiger partial charge >= 0.3 is 0 Å². The van der Waals surface area contributed by atoms with Gasteiger partial charge in [-0.1, -0.05) is 18.2 Å². The van der Waals surface area contributed by atoms with Crippen LogP contribution in [-0.2, 0) is 0 Å². The van der Waals surface area contributed by atoms with Crippen LogP contribution < -0.4 is 4.74 Å². The van der Waals surface area contributed by atoms with E-state index in [1.807, 2.05) is 0 Å². The SMILES string of the molecule is N#CC(O)c1ccccc1Oc1ccc(F)cc1. The summed E-state index contributed by atoms with van der Waals surface area (Å²) in [7, 11) is 0. The molecule has 0 aliphatic rings. The van der Waals surface area contributed by atoms with E-state index in [9.17, 15) is 9.50 Å². The highest BCUT2D eigenvalue weighted by molar-refractivity contribution is 5.40. The average Bonchev–Trinajstić information content (AvgIpc) is 2.41. The second kappa shape index (κ2) is 5.30. The molecule has 1 unspecified atom stereocenters. The van der Waals surface area contributed by atoms with E-state index in [2.05, 4.69) is 0 Å². The van der Waals surface area contributed by atoms with Crippen molar-refractivity contribution in [2.45, 2.75) is 6.10 Å². The number of ether oxygens (including phenoxy) is 1. The van der Waals surface area contributed by atoms with E-state index < -0.39 is 6.10 Å². The van der Waals surface area contributed by atoms with E-state index in [0.717, 1.165) is 0 Å². The van der Waals surface area contributed by atoms with Gasteiger partial charge in [-0.25, -0.2) is 4.39 Å². The van der Waals surface area contributed by atoms with Gasteiger partial charge in [-0.3, -0.25) is 0 Å². The van der Waals surface area contributed by atoms with E-state index in [4.69, 9.17) is 10.00 Å². The maximum atomic E-state index is 12.7. The van der Waals surface area contributed by atoms with Crippen molar-refractivity contribution < 1.29 is 14.2 Å². The minimum atomic E-state index is -1.25.